The van der Waals surface area contributed by atoms with Crippen LogP contribution >= 0.6 is 11.6 Å². The van der Waals surface area contributed by atoms with Crippen LogP contribution in [-0.2, 0) is 5.54 Å². The van der Waals surface area contributed by atoms with Gasteiger partial charge < -0.3 is 15.2 Å². The van der Waals surface area contributed by atoms with Gasteiger partial charge in [-0.1, -0.05) is 30.5 Å². The lowest BCUT2D eigenvalue weighted by Crippen LogP contribution is -2.57. The Bertz CT molecular complexity index is 1220. The van der Waals surface area contributed by atoms with E-state index in [0.717, 1.165) is 12.3 Å². The first kappa shape index (κ1) is 24.6. The van der Waals surface area contributed by atoms with Gasteiger partial charge in [0.25, 0.3) is 0 Å². The maximum absolute atomic E-state index is 13.9. The SMILES string of the molecule is C[C@@]1(c2ccc(OCCC3CC3)c(Cl)c2)NC(=O)N(c2ccc(C(=O)O)cc2)C=C1C1CC(F)(F)C1. The highest BCUT2D eigenvalue weighted by Crippen LogP contribution is 2.52. The van der Waals surface area contributed by atoms with Crippen LogP contribution in [0.3, 0.4) is 0 Å². The highest BCUT2D eigenvalue weighted by atomic mass is 35.5. The van der Waals surface area contributed by atoms with Crippen molar-refractivity contribution in [3.63, 3.8) is 0 Å². The van der Waals surface area contributed by atoms with Crippen molar-refractivity contribution in [2.75, 3.05) is 11.5 Å². The molecular weight excluding hydrogens is 490 g/mol. The van der Waals surface area contributed by atoms with E-state index < -0.39 is 29.4 Å². The van der Waals surface area contributed by atoms with E-state index in [0.29, 0.717) is 34.2 Å². The molecule has 1 heterocycles. The number of hydrogen-bond acceptors (Lipinski definition) is 3. The largest absolute Gasteiger partial charge is 0.492 e. The van der Waals surface area contributed by atoms with Gasteiger partial charge in [-0.25, -0.2) is 18.4 Å². The maximum atomic E-state index is 13.9. The summed E-state index contributed by atoms with van der Waals surface area (Å²) >= 11 is 6.53. The average molecular weight is 517 g/mol. The van der Waals surface area contributed by atoms with Gasteiger partial charge in [-0.2, -0.15) is 0 Å². The highest BCUT2D eigenvalue weighted by molar-refractivity contribution is 6.32. The molecule has 2 aliphatic carbocycles. The molecule has 2 aromatic rings. The number of rotatable bonds is 8. The molecule has 36 heavy (non-hydrogen) atoms. The Kier molecular flexibility index (Phi) is 6.19. The lowest BCUT2D eigenvalue weighted by molar-refractivity contribution is -0.102. The van der Waals surface area contributed by atoms with E-state index in [1.54, 1.807) is 31.3 Å². The number of carbonyl (C=O) groups excluding carboxylic acids is 1. The third kappa shape index (κ3) is 4.78. The summed E-state index contributed by atoms with van der Waals surface area (Å²) in [5.41, 5.74) is 0.747. The second-order valence-electron chi connectivity index (χ2n) is 10.0. The normalized spacial score (nSPS) is 23.5. The van der Waals surface area contributed by atoms with E-state index in [-0.39, 0.29) is 18.4 Å². The van der Waals surface area contributed by atoms with Gasteiger partial charge in [0, 0.05) is 19.0 Å². The summed E-state index contributed by atoms with van der Waals surface area (Å²) < 4.78 is 33.6. The number of ether oxygens (including phenoxy) is 1. The van der Waals surface area contributed by atoms with E-state index in [2.05, 4.69) is 5.32 Å². The zero-order valence-electron chi connectivity index (χ0n) is 19.8. The third-order valence-corrected chi connectivity index (χ3v) is 7.63. The van der Waals surface area contributed by atoms with Gasteiger partial charge in [0.1, 0.15) is 5.75 Å². The molecule has 190 valence electrons. The topological polar surface area (TPSA) is 78.9 Å². The molecule has 0 spiro atoms. The summed E-state index contributed by atoms with van der Waals surface area (Å²) in [5, 5.41) is 12.5. The predicted octanol–water partition coefficient (Wildman–Crippen LogP) is 6.59. The molecule has 6 nitrogen and oxygen atoms in total. The van der Waals surface area contributed by atoms with E-state index in [1.165, 1.54) is 42.0 Å². The van der Waals surface area contributed by atoms with Crippen LogP contribution in [0.5, 0.6) is 5.75 Å². The summed E-state index contributed by atoms with van der Waals surface area (Å²) in [6.45, 7) is 2.37. The van der Waals surface area contributed by atoms with Crippen molar-refractivity contribution in [2.45, 2.75) is 50.5 Å². The molecule has 0 unspecified atom stereocenters. The zero-order valence-corrected chi connectivity index (χ0v) is 20.5. The van der Waals surface area contributed by atoms with Gasteiger partial charge >= 0.3 is 12.0 Å². The average Bonchev–Trinajstić information content (AvgIpc) is 3.63. The van der Waals surface area contributed by atoms with Crippen LogP contribution in [0.15, 0.2) is 54.2 Å². The van der Waals surface area contributed by atoms with Crippen molar-refractivity contribution in [2.24, 2.45) is 11.8 Å². The predicted molar refractivity (Wildman–Crippen MR) is 132 cm³/mol. The van der Waals surface area contributed by atoms with Gasteiger partial charge in [-0.3, -0.25) is 4.90 Å². The van der Waals surface area contributed by atoms with Crippen LogP contribution in [0.1, 0.15) is 54.9 Å². The number of benzene rings is 2. The highest BCUT2D eigenvalue weighted by Gasteiger charge is 2.52. The molecular formula is C27H27ClF2N2O4. The van der Waals surface area contributed by atoms with Crippen LogP contribution in [0.2, 0.25) is 5.02 Å². The summed E-state index contributed by atoms with van der Waals surface area (Å²) in [6, 6.07) is 10.6. The minimum atomic E-state index is -2.75. The third-order valence-electron chi connectivity index (χ3n) is 7.33. The fourth-order valence-electron chi connectivity index (χ4n) is 4.93. The van der Waals surface area contributed by atoms with Crippen molar-refractivity contribution in [3.8, 4) is 5.75 Å². The van der Waals surface area contributed by atoms with Gasteiger partial charge in [0.05, 0.1) is 28.4 Å². The van der Waals surface area contributed by atoms with Crippen LogP contribution in [0, 0.1) is 11.8 Å². The van der Waals surface area contributed by atoms with Crippen LogP contribution in [0.25, 0.3) is 0 Å². The molecule has 2 fully saturated rings. The van der Waals surface area contributed by atoms with Crippen molar-refractivity contribution in [3.05, 3.63) is 70.4 Å². The number of carboxylic acid groups (broad SMARTS) is 1. The summed E-state index contributed by atoms with van der Waals surface area (Å²) in [4.78, 5) is 25.7. The summed E-state index contributed by atoms with van der Waals surface area (Å²) in [6.07, 6.45) is 4.44. The Morgan fingerprint density at radius 3 is 2.47 bits per heavy atom. The Hall–Kier alpha value is -3.13. The second-order valence-corrected chi connectivity index (χ2v) is 10.5. The van der Waals surface area contributed by atoms with Gasteiger partial charge in [-0.05, 0) is 72.7 Å². The number of anilines is 1. The summed E-state index contributed by atoms with van der Waals surface area (Å²) in [7, 11) is 0. The molecule has 3 aliphatic rings. The minimum absolute atomic E-state index is 0.0814. The van der Waals surface area contributed by atoms with E-state index in [1.807, 2.05) is 0 Å². The summed E-state index contributed by atoms with van der Waals surface area (Å²) in [5.74, 6) is -3.00. The van der Waals surface area contributed by atoms with E-state index in [9.17, 15) is 18.4 Å². The molecule has 2 aromatic carbocycles. The number of carboxylic acids is 1. The van der Waals surface area contributed by atoms with Crippen LogP contribution < -0.4 is 15.0 Å². The first-order valence-electron chi connectivity index (χ1n) is 12.0. The molecule has 0 saturated heterocycles. The number of aromatic carboxylic acids is 1. The number of halogens is 3. The van der Waals surface area contributed by atoms with Gasteiger partial charge in [0.15, 0.2) is 0 Å². The van der Waals surface area contributed by atoms with Crippen molar-refractivity contribution in [1.82, 2.24) is 5.32 Å². The maximum Gasteiger partial charge on any atom is 0.335 e. The quantitative estimate of drug-likeness (QED) is 0.415. The smallest absolute Gasteiger partial charge is 0.335 e. The monoisotopic (exact) mass is 516 g/mol. The van der Waals surface area contributed by atoms with Crippen LogP contribution in [0.4, 0.5) is 19.3 Å². The number of hydrogen-bond donors (Lipinski definition) is 2. The Morgan fingerprint density at radius 1 is 1.19 bits per heavy atom. The molecule has 2 amide bonds. The Labute approximate surface area is 212 Å². The van der Waals surface area contributed by atoms with Crippen LogP contribution in [-0.4, -0.2) is 29.6 Å². The molecule has 1 aliphatic heterocycles. The first-order valence-corrected chi connectivity index (χ1v) is 12.4. The number of nitrogens with one attached hydrogen (secondary N) is 1. The van der Waals surface area contributed by atoms with Crippen molar-refractivity contribution in [1.29, 1.82) is 0 Å². The molecule has 9 heteroatoms. The molecule has 0 radical (unpaired) electrons. The second kappa shape index (κ2) is 9.07. The fraction of sp³-hybridized carbons (Fsp3) is 0.407. The van der Waals surface area contributed by atoms with Gasteiger partial charge in [-0.15, -0.1) is 0 Å². The Morgan fingerprint density at radius 2 is 1.89 bits per heavy atom. The number of carbonyl (C=O) groups is 2. The molecule has 5 rings (SSSR count). The standard InChI is InChI=1S/C27H27ClF2N2O4/c1-26(19-6-9-23(22(28)12-19)36-11-10-16-2-3-16)21(18-13-27(29,30)14-18)15-32(25(35)31-26)20-7-4-17(5-8-20)24(33)34/h4-9,12,15-16,18H,2-3,10-11,13-14H2,1H3,(H,31,35)(H,33,34)/t26-/m0/s1. The zero-order chi connectivity index (χ0) is 25.7. The number of nitrogens with zero attached hydrogens (tertiary/aromatic N) is 1. The van der Waals surface area contributed by atoms with Gasteiger partial charge in [0.2, 0.25) is 5.92 Å². The first-order chi connectivity index (χ1) is 17.1. The lowest BCUT2D eigenvalue weighted by Gasteiger charge is -2.47. The molecule has 0 aromatic heterocycles. The number of alkyl halides is 2. The lowest BCUT2D eigenvalue weighted by atomic mass is 9.68. The fourth-order valence-corrected chi connectivity index (χ4v) is 5.17. The van der Waals surface area contributed by atoms with Crippen molar-refractivity contribution < 1.29 is 28.2 Å². The molecule has 2 N–H and O–H groups in total. The molecule has 2 saturated carbocycles. The Balaban J connectivity index is 1.46. The van der Waals surface area contributed by atoms with Crippen molar-refractivity contribution >= 4 is 29.3 Å². The molecule has 1 atom stereocenters. The number of amides is 2. The van der Waals surface area contributed by atoms with E-state index >= 15 is 0 Å². The molecule has 0 bridgehead atoms. The minimum Gasteiger partial charge on any atom is -0.492 e. The van der Waals surface area contributed by atoms with E-state index in [4.69, 9.17) is 21.4 Å². The number of urea groups is 1.